The summed E-state index contributed by atoms with van der Waals surface area (Å²) < 4.78 is 24.8. The fraction of sp³-hybridized carbons (Fsp3) is 0.400. The highest BCUT2D eigenvalue weighted by Crippen LogP contribution is 2.21. The highest BCUT2D eigenvalue weighted by molar-refractivity contribution is 7.91. The van der Waals surface area contributed by atoms with Gasteiger partial charge in [-0.05, 0) is 26.3 Å². The lowest BCUT2D eigenvalue weighted by Gasteiger charge is -2.05. The molecule has 1 aliphatic rings. The molecule has 1 amide bonds. The standard InChI is InChI=1S/C15H18N4O3S2/c1-10-7-13(11(2)19(10)15-16-4-5-23-15)8-17-18-14(20)12-3-6-24(21,22)9-12/h4-5,7-8,12H,3,6,9H2,1-2H3,(H,18,20)/b17-8-/t12-/m1/s1. The van der Waals surface area contributed by atoms with E-state index >= 15 is 0 Å². The van der Waals surface area contributed by atoms with E-state index in [1.165, 1.54) is 0 Å². The molecular formula is C15H18N4O3S2. The van der Waals surface area contributed by atoms with E-state index in [1.807, 2.05) is 29.9 Å². The molecule has 0 radical (unpaired) electrons. The third kappa shape index (κ3) is 3.41. The summed E-state index contributed by atoms with van der Waals surface area (Å²) in [4.78, 5) is 16.3. The number of aromatic nitrogens is 2. The van der Waals surface area contributed by atoms with Crippen LogP contribution in [-0.4, -0.2) is 41.6 Å². The average Bonchev–Trinajstić information content (AvgIpc) is 3.20. The number of thiazole rings is 1. The zero-order valence-corrected chi connectivity index (χ0v) is 15.0. The molecule has 7 nitrogen and oxygen atoms in total. The minimum absolute atomic E-state index is 0.0732. The average molecular weight is 366 g/mol. The summed E-state index contributed by atoms with van der Waals surface area (Å²) in [6.07, 6.45) is 3.69. The van der Waals surface area contributed by atoms with Crippen LogP contribution in [0, 0.1) is 19.8 Å². The van der Waals surface area contributed by atoms with Crippen LogP contribution in [0.2, 0.25) is 0 Å². The summed E-state index contributed by atoms with van der Waals surface area (Å²) in [5, 5.41) is 6.77. The number of hydrazone groups is 1. The molecule has 128 valence electrons. The van der Waals surface area contributed by atoms with E-state index in [9.17, 15) is 13.2 Å². The lowest BCUT2D eigenvalue weighted by molar-refractivity contribution is -0.124. The minimum Gasteiger partial charge on any atom is -0.294 e. The van der Waals surface area contributed by atoms with Crippen molar-refractivity contribution in [3.63, 3.8) is 0 Å². The molecule has 1 aliphatic heterocycles. The molecule has 1 N–H and O–H groups in total. The summed E-state index contributed by atoms with van der Waals surface area (Å²) in [5.41, 5.74) is 5.32. The Balaban J connectivity index is 1.70. The van der Waals surface area contributed by atoms with Crippen molar-refractivity contribution in [3.8, 4) is 5.13 Å². The molecule has 0 aliphatic carbocycles. The normalized spacial score (nSPS) is 19.8. The first-order valence-corrected chi connectivity index (χ1v) is 10.2. The number of nitrogens with one attached hydrogen (secondary N) is 1. The minimum atomic E-state index is -3.07. The molecule has 1 saturated heterocycles. The number of carbonyl (C=O) groups is 1. The third-order valence-corrected chi connectivity index (χ3v) is 6.59. The van der Waals surface area contributed by atoms with Gasteiger partial charge in [0.1, 0.15) is 0 Å². The Morgan fingerprint density at radius 1 is 1.50 bits per heavy atom. The predicted octanol–water partition coefficient (Wildman–Crippen LogP) is 1.44. The lowest BCUT2D eigenvalue weighted by atomic mass is 10.1. The van der Waals surface area contributed by atoms with Crippen LogP contribution in [0.25, 0.3) is 5.13 Å². The van der Waals surface area contributed by atoms with Gasteiger partial charge >= 0.3 is 0 Å². The van der Waals surface area contributed by atoms with Crippen molar-refractivity contribution in [2.75, 3.05) is 11.5 Å². The van der Waals surface area contributed by atoms with Crippen LogP contribution in [0.4, 0.5) is 0 Å². The van der Waals surface area contributed by atoms with E-state index in [2.05, 4.69) is 15.5 Å². The number of amides is 1. The molecule has 0 aromatic carbocycles. The van der Waals surface area contributed by atoms with Crippen molar-refractivity contribution in [1.29, 1.82) is 0 Å². The van der Waals surface area contributed by atoms with Gasteiger partial charge in [-0.25, -0.2) is 18.8 Å². The third-order valence-electron chi connectivity index (χ3n) is 4.06. The Labute approximate surface area is 144 Å². The van der Waals surface area contributed by atoms with Crippen molar-refractivity contribution in [2.24, 2.45) is 11.0 Å². The summed E-state index contributed by atoms with van der Waals surface area (Å²) >= 11 is 1.54. The maximum Gasteiger partial charge on any atom is 0.244 e. The predicted molar refractivity (Wildman–Crippen MR) is 93.4 cm³/mol. The van der Waals surface area contributed by atoms with Gasteiger partial charge in [0.25, 0.3) is 0 Å². The maximum absolute atomic E-state index is 12.0. The number of nitrogens with zero attached hydrogens (tertiary/aromatic N) is 3. The first kappa shape index (κ1) is 16.8. The molecule has 3 heterocycles. The highest BCUT2D eigenvalue weighted by atomic mass is 32.2. The summed E-state index contributed by atoms with van der Waals surface area (Å²) in [5.74, 6) is -0.868. The largest absolute Gasteiger partial charge is 0.294 e. The molecule has 2 aromatic rings. The van der Waals surface area contributed by atoms with Crippen LogP contribution in [0.5, 0.6) is 0 Å². The lowest BCUT2D eigenvalue weighted by Crippen LogP contribution is -2.27. The van der Waals surface area contributed by atoms with Crippen LogP contribution >= 0.6 is 11.3 Å². The quantitative estimate of drug-likeness (QED) is 0.654. The van der Waals surface area contributed by atoms with Crippen molar-refractivity contribution in [3.05, 3.63) is 34.6 Å². The molecule has 24 heavy (non-hydrogen) atoms. The van der Waals surface area contributed by atoms with Gasteiger partial charge in [-0.1, -0.05) is 0 Å². The van der Waals surface area contributed by atoms with Gasteiger partial charge in [0.2, 0.25) is 5.91 Å². The Morgan fingerprint density at radius 2 is 2.29 bits per heavy atom. The number of sulfone groups is 1. The van der Waals surface area contributed by atoms with Crippen molar-refractivity contribution < 1.29 is 13.2 Å². The number of aryl methyl sites for hydroxylation is 1. The van der Waals surface area contributed by atoms with Gasteiger partial charge in [0.15, 0.2) is 15.0 Å². The van der Waals surface area contributed by atoms with Crippen LogP contribution < -0.4 is 5.43 Å². The second-order valence-corrected chi connectivity index (χ2v) is 8.91. The fourth-order valence-electron chi connectivity index (χ4n) is 2.80. The van der Waals surface area contributed by atoms with E-state index < -0.39 is 15.8 Å². The van der Waals surface area contributed by atoms with Gasteiger partial charge in [-0.15, -0.1) is 11.3 Å². The van der Waals surface area contributed by atoms with Gasteiger partial charge < -0.3 is 0 Å². The monoisotopic (exact) mass is 366 g/mol. The van der Waals surface area contributed by atoms with Crippen LogP contribution in [-0.2, 0) is 14.6 Å². The number of carbonyl (C=O) groups excluding carboxylic acids is 1. The van der Waals surface area contributed by atoms with Crippen LogP contribution in [0.3, 0.4) is 0 Å². The molecule has 0 unspecified atom stereocenters. The van der Waals surface area contributed by atoms with E-state index in [4.69, 9.17) is 0 Å². The Kier molecular flexibility index (Phi) is 4.55. The van der Waals surface area contributed by atoms with Gasteiger partial charge in [-0.2, -0.15) is 5.10 Å². The molecule has 2 aromatic heterocycles. The van der Waals surface area contributed by atoms with E-state index in [0.717, 1.165) is 22.1 Å². The van der Waals surface area contributed by atoms with Crippen LogP contribution in [0.15, 0.2) is 22.7 Å². The molecular weight excluding hydrogens is 348 g/mol. The molecule has 0 bridgehead atoms. The summed E-state index contributed by atoms with van der Waals surface area (Å²) in [6, 6.07) is 1.96. The number of hydrogen-bond donors (Lipinski definition) is 1. The smallest absolute Gasteiger partial charge is 0.244 e. The summed E-state index contributed by atoms with van der Waals surface area (Å²) in [7, 11) is -3.07. The van der Waals surface area contributed by atoms with E-state index in [-0.39, 0.29) is 17.4 Å². The number of hydrogen-bond acceptors (Lipinski definition) is 6. The zero-order valence-electron chi connectivity index (χ0n) is 13.4. The van der Waals surface area contributed by atoms with E-state index in [0.29, 0.717) is 6.42 Å². The fourth-order valence-corrected chi connectivity index (χ4v) is 5.29. The van der Waals surface area contributed by atoms with Gasteiger partial charge in [-0.3, -0.25) is 9.36 Å². The van der Waals surface area contributed by atoms with Crippen molar-refractivity contribution in [1.82, 2.24) is 15.0 Å². The van der Waals surface area contributed by atoms with Gasteiger partial charge in [0, 0.05) is 28.5 Å². The van der Waals surface area contributed by atoms with Gasteiger partial charge in [0.05, 0.1) is 23.6 Å². The zero-order chi connectivity index (χ0) is 17.3. The van der Waals surface area contributed by atoms with E-state index in [1.54, 1.807) is 23.7 Å². The molecule has 3 rings (SSSR count). The second kappa shape index (κ2) is 6.48. The first-order chi connectivity index (χ1) is 11.4. The topological polar surface area (TPSA) is 93.4 Å². The molecule has 0 spiro atoms. The van der Waals surface area contributed by atoms with Crippen LogP contribution in [0.1, 0.15) is 23.4 Å². The number of rotatable bonds is 4. The van der Waals surface area contributed by atoms with Crippen molar-refractivity contribution >= 4 is 33.3 Å². The molecule has 1 atom stereocenters. The maximum atomic E-state index is 12.0. The molecule has 9 heteroatoms. The SMILES string of the molecule is Cc1cc(/C=N\NC(=O)[C@@H]2CCS(=O)(=O)C2)c(C)n1-c1nccs1. The summed E-state index contributed by atoms with van der Waals surface area (Å²) in [6.45, 7) is 3.94. The first-order valence-electron chi connectivity index (χ1n) is 7.49. The molecule has 1 fully saturated rings. The second-order valence-electron chi connectivity index (χ2n) is 5.81. The Hall–Kier alpha value is -2.00. The Bertz CT molecular complexity index is 882. The molecule has 0 saturated carbocycles. The Morgan fingerprint density at radius 3 is 2.92 bits per heavy atom. The highest BCUT2D eigenvalue weighted by Gasteiger charge is 2.32. The van der Waals surface area contributed by atoms with Crippen molar-refractivity contribution in [2.45, 2.75) is 20.3 Å².